The van der Waals surface area contributed by atoms with Crippen molar-refractivity contribution >= 4 is 23.1 Å². The number of para-hydroxylation sites is 1. The first-order chi connectivity index (χ1) is 10.8. The summed E-state index contributed by atoms with van der Waals surface area (Å²) in [5.41, 5.74) is 1.35. The van der Waals surface area contributed by atoms with Crippen molar-refractivity contribution in [3.05, 3.63) is 41.1 Å². The van der Waals surface area contributed by atoms with Crippen molar-refractivity contribution in [3.63, 3.8) is 0 Å². The molecule has 1 aromatic carbocycles. The van der Waals surface area contributed by atoms with Gasteiger partial charge in [0.15, 0.2) is 0 Å². The molecule has 0 aliphatic heterocycles. The predicted molar refractivity (Wildman–Crippen MR) is 87.5 cm³/mol. The zero-order chi connectivity index (χ0) is 17.2. The van der Waals surface area contributed by atoms with E-state index in [0.29, 0.717) is 16.8 Å². The molecule has 0 radical (unpaired) electrons. The lowest BCUT2D eigenvalue weighted by molar-refractivity contribution is 0.0541. The molecule has 0 saturated heterocycles. The van der Waals surface area contributed by atoms with Crippen LogP contribution in [0.15, 0.2) is 29.8 Å². The molecule has 0 unspecified atom stereocenters. The number of rotatable bonds is 1. The molecule has 2 aromatic rings. The van der Waals surface area contributed by atoms with E-state index < -0.39 is 11.7 Å². The Morgan fingerprint density at radius 3 is 2.39 bits per heavy atom. The molecule has 116 valence electrons. The van der Waals surface area contributed by atoms with Gasteiger partial charge in [-0.15, -0.1) is 0 Å². The Hall–Kier alpha value is -3.05. The summed E-state index contributed by atoms with van der Waals surface area (Å²) >= 11 is 0. The molecule has 0 bridgehead atoms. The number of hydrogen-bond donors (Lipinski definition) is 0. The van der Waals surface area contributed by atoms with Crippen LogP contribution in [0.25, 0.3) is 17.0 Å². The molecule has 0 saturated carbocycles. The molecule has 23 heavy (non-hydrogen) atoms. The van der Waals surface area contributed by atoms with Gasteiger partial charge in [-0.05, 0) is 39.8 Å². The second kappa shape index (κ2) is 5.98. The Kier molecular flexibility index (Phi) is 4.24. The van der Waals surface area contributed by atoms with Crippen LogP contribution in [0.3, 0.4) is 0 Å². The first kappa shape index (κ1) is 16.3. The number of carbonyl (C=O) groups excluding carboxylic acids is 1. The van der Waals surface area contributed by atoms with E-state index >= 15 is 0 Å². The van der Waals surface area contributed by atoms with Gasteiger partial charge in [0.2, 0.25) is 0 Å². The molecule has 0 aliphatic rings. The summed E-state index contributed by atoms with van der Waals surface area (Å²) in [6, 6.07) is 11.0. The average molecular weight is 307 g/mol. The van der Waals surface area contributed by atoms with Gasteiger partial charge in [-0.2, -0.15) is 10.5 Å². The lowest BCUT2D eigenvalue weighted by atomic mass is 10.1. The van der Waals surface area contributed by atoms with Crippen molar-refractivity contribution in [1.82, 2.24) is 4.57 Å². The van der Waals surface area contributed by atoms with Crippen molar-refractivity contribution in [2.45, 2.75) is 33.3 Å². The largest absolute Gasteiger partial charge is 0.443 e. The van der Waals surface area contributed by atoms with Crippen LogP contribution in [0.1, 0.15) is 32.0 Å². The second-order valence-corrected chi connectivity index (χ2v) is 6.11. The van der Waals surface area contributed by atoms with Gasteiger partial charge in [0.05, 0.1) is 5.52 Å². The number of hydrogen-bond acceptors (Lipinski definition) is 4. The third kappa shape index (κ3) is 3.25. The minimum atomic E-state index is -0.616. The number of aromatic nitrogens is 1. The van der Waals surface area contributed by atoms with E-state index in [0.717, 1.165) is 5.39 Å². The normalized spacial score (nSPS) is 10.7. The molecular weight excluding hydrogens is 290 g/mol. The number of benzene rings is 1. The Bertz CT molecular complexity index is 868. The first-order valence-electron chi connectivity index (χ1n) is 7.14. The monoisotopic (exact) mass is 307 g/mol. The third-order valence-electron chi connectivity index (χ3n) is 3.27. The number of allylic oxidation sites excluding steroid dienone is 1. The Balaban J connectivity index is 2.72. The van der Waals surface area contributed by atoms with E-state index in [1.54, 1.807) is 27.7 Å². The number of carbonyl (C=O) groups is 1. The van der Waals surface area contributed by atoms with E-state index in [1.807, 2.05) is 36.4 Å². The van der Waals surface area contributed by atoms with Crippen LogP contribution >= 0.6 is 0 Å². The van der Waals surface area contributed by atoms with Crippen molar-refractivity contribution < 1.29 is 9.53 Å². The van der Waals surface area contributed by atoms with E-state index in [1.165, 1.54) is 10.6 Å². The second-order valence-electron chi connectivity index (χ2n) is 6.11. The summed E-state index contributed by atoms with van der Waals surface area (Å²) in [4.78, 5) is 12.5. The summed E-state index contributed by atoms with van der Waals surface area (Å²) < 4.78 is 6.93. The van der Waals surface area contributed by atoms with Gasteiger partial charge < -0.3 is 4.74 Å². The van der Waals surface area contributed by atoms with Gasteiger partial charge in [-0.1, -0.05) is 18.2 Å². The number of nitrogens with zero attached hydrogens (tertiary/aromatic N) is 3. The third-order valence-corrected chi connectivity index (χ3v) is 3.27. The van der Waals surface area contributed by atoms with Crippen LogP contribution < -0.4 is 0 Å². The van der Waals surface area contributed by atoms with Gasteiger partial charge in [0.25, 0.3) is 0 Å². The summed E-state index contributed by atoms with van der Waals surface area (Å²) in [6.45, 7) is 7.17. The summed E-state index contributed by atoms with van der Waals surface area (Å²) in [7, 11) is 0. The standard InChI is InChI=1S/C18H17N3O2/c1-12-15(9-13(10-19)11-20)14-7-5-6-8-16(14)21(12)17(22)23-18(2,3)4/h5-9H,1-4H3. The van der Waals surface area contributed by atoms with Crippen molar-refractivity contribution in [2.24, 2.45) is 0 Å². The fraction of sp³-hybridized carbons (Fsp3) is 0.278. The Morgan fingerprint density at radius 1 is 1.22 bits per heavy atom. The van der Waals surface area contributed by atoms with Gasteiger partial charge in [-0.25, -0.2) is 9.36 Å². The van der Waals surface area contributed by atoms with Crippen molar-refractivity contribution in [3.8, 4) is 12.1 Å². The van der Waals surface area contributed by atoms with Crippen LogP contribution in [0.4, 0.5) is 4.79 Å². The number of ether oxygens (including phenoxy) is 1. The van der Waals surface area contributed by atoms with E-state index in [9.17, 15) is 4.79 Å². The highest BCUT2D eigenvalue weighted by molar-refractivity contribution is 5.98. The summed E-state index contributed by atoms with van der Waals surface area (Å²) in [6.07, 6.45) is 1.01. The summed E-state index contributed by atoms with van der Waals surface area (Å²) in [5.74, 6) is 0. The maximum atomic E-state index is 12.5. The molecule has 1 aromatic heterocycles. The number of nitriles is 2. The maximum Gasteiger partial charge on any atom is 0.419 e. The lowest BCUT2D eigenvalue weighted by Crippen LogP contribution is -2.27. The van der Waals surface area contributed by atoms with E-state index in [4.69, 9.17) is 15.3 Å². The zero-order valence-corrected chi connectivity index (χ0v) is 13.5. The predicted octanol–water partition coefficient (Wildman–Crippen LogP) is 4.16. The number of fused-ring (bicyclic) bond motifs is 1. The highest BCUT2D eigenvalue weighted by atomic mass is 16.6. The molecule has 0 fully saturated rings. The highest BCUT2D eigenvalue weighted by Gasteiger charge is 2.23. The smallest absolute Gasteiger partial charge is 0.419 e. The first-order valence-corrected chi connectivity index (χ1v) is 7.14. The molecule has 1 heterocycles. The molecule has 0 atom stereocenters. The quantitative estimate of drug-likeness (QED) is 0.741. The molecular formula is C18H17N3O2. The van der Waals surface area contributed by atoms with Crippen LogP contribution in [0.2, 0.25) is 0 Å². The zero-order valence-electron chi connectivity index (χ0n) is 13.5. The van der Waals surface area contributed by atoms with Crippen molar-refractivity contribution in [1.29, 1.82) is 10.5 Å². The van der Waals surface area contributed by atoms with Crippen LogP contribution in [-0.4, -0.2) is 16.3 Å². The lowest BCUT2D eigenvalue weighted by Gasteiger charge is -2.20. The molecule has 0 amide bonds. The van der Waals surface area contributed by atoms with Gasteiger partial charge in [0.1, 0.15) is 23.3 Å². The van der Waals surface area contributed by atoms with Crippen LogP contribution in [0.5, 0.6) is 0 Å². The van der Waals surface area contributed by atoms with Gasteiger partial charge >= 0.3 is 6.09 Å². The molecule has 2 rings (SSSR count). The Labute approximate surface area is 135 Å². The van der Waals surface area contributed by atoms with E-state index in [-0.39, 0.29) is 5.57 Å². The maximum absolute atomic E-state index is 12.5. The van der Waals surface area contributed by atoms with Gasteiger partial charge in [-0.3, -0.25) is 0 Å². The average Bonchev–Trinajstić information content (AvgIpc) is 2.75. The highest BCUT2D eigenvalue weighted by Crippen LogP contribution is 2.28. The van der Waals surface area contributed by atoms with Crippen LogP contribution in [0, 0.1) is 29.6 Å². The molecule has 5 nitrogen and oxygen atoms in total. The summed E-state index contributed by atoms with van der Waals surface area (Å²) in [5, 5.41) is 18.8. The Morgan fingerprint density at radius 2 is 1.83 bits per heavy atom. The van der Waals surface area contributed by atoms with Gasteiger partial charge in [0, 0.05) is 16.6 Å². The molecule has 5 heteroatoms. The SMILES string of the molecule is Cc1c(C=C(C#N)C#N)c2ccccc2n1C(=O)OC(C)(C)C. The fourth-order valence-corrected chi connectivity index (χ4v) is 2.35. The minimum Gasteiger partial charge on any atom is -0.443 e. The fourth-order valence-electron chi connectivity index (χ4n) is 2.35. The van der Waals surface area contributed by atoms with E-state index in [2.05, 4.69) is 0 Å². The molecule has 0 aliphatic carbocycles. The molecule has 0 spiro atoms. The van der Waals surface area contributed by atoms with Crippen LogP contribution in [-0.2, 0) is 4.74 Å². The minimum absolute atomic E-state index is 0.0137. The van der Waals surface area contributed by atoms with Crippen molar-refractivity contribution in [2.75, 3.05) is 0 Å². The molecule has 0 N–H and O–H groups in total. The topological polar surface area (TPSA) is 78.8 Å².